The van der Waals surface area contributed by atoms with Gasteiger partial charge in [0, 0.05) is 0 Å². The monoisotopic (exact) mass is 210 g/mol. The summed E-state index contributed by atoms with van der Waals surface area (Å²) >= 11 is 0. The van der Waals surface area contributed by atoms with Gasteiger partial charge in [-0.05, 0) is 18.3 Å². The van der Waals surface area contributed by atoms with Gasteiger partial charge in [-0.2, -0.15) is 8.42 Å². The first-order valence-electron chi connectivity index (χ1n) is 3.86. The summed E-state index contributed by atoms with van der Waals surface area (Å²) in [6.45, 7) is 0. The average molecular weight is 210 g/mol. The fourth-order valence-corrected chi connectivity index (χ4v) is 2.42. The topological polar surface area (TPSA) is 60.4 Å². The molecule has 0 unspecified atom stereocenters. The molecular weight excluding hydrogens is 199 g/mol. The quantitative estimate of drug-likeness (QED) is 0.504. The lowest BCUT2D eigenvalue weighted by atomic mass is 10.1. The van der Waals surface area contributed by atoms with Gasteiger partial charge >= 0.3 is 16.2 Å². The van der Waals surface area contributed by atoms with Gasteiger partial charge in [0.1, 0.15) is 0 Å². The molecule has 6 heteroatoms. The molecule has 0 spiro atoms. The first-order chi connectivity index (χ1) is 5.87. The van der Waals surface area contributed by atoms with E-state index in [1.165, 1.54) is 7.11 Å². The Bertz CT molecular complexity index is 304. The number of hydrogen-bond donors (Lipinski definition) is 0. The molecule has 0 aromatic heterocycles. The Kier molecular flexibility index (Phi) is 2.61. The van der Waals surface area contributed by atoms with Gasteiger partial charge < -0.3 is 4.74 Å². The van der Waals surface area contributed by atoms with Crippen molar-refractivity contribution in [1.82, 2.24) is 0 Å². The van der Waals surface area contributed by atoms with Gasteiger partial charge in [0.05, 0.1) is 19.3 Å². The number of methoxy groups -OCH3 is 1. The van der Waals surface area contributed by atoms with E-state index in [4.69, 9.17) is 0 Å². The van der Waals surface area contributed by atoms with Gasteiger partial charge in [0.25, 0.3) is 0 Å². The minimum Gasteiger partial charge on any atom is -0.469 e. The van der Waals surface area contributed by atoms with Crippen LogP contribution < -0.4 is 0 Å². The van der Waals surface area contributed by atoms with Crippen molar-refractivity contribution < 1.29 is 21.8 Å². The highest BCUT2D eigenvalue weighted by Gasteiger charge is 2.48. The molecule has 13 heavy (non-hydrogen) atoms. The molecule has 0 aromatic carbocycles. The van der Waals surface area contributed by atoms with Gasteiger partial charge in [-0.25, -0.2) is 0 Å². The van der Waals surface area contributed by atoms with Crippen LogP contribution in [0.5, 0.6) is 0 Å². The van der Waals surface area contributed by atoms with Crippen molar-refractivity contribution in [2.24, 2.45) is 5.41 Å². The second-order valence-electron chi connectivity index (χ2n) is 3.44. The zero-order valence-corrected chi connectivity index (χ0v) is 8.06. The predicted molar refractivity (Wildman–Crippen MR) is 43.2 cm³/mol. The second-order valence-corrected chi connectivity index (χ2v) is 4.80. The minimum atomic E-state index is -4.48. The molecule has 0 atom stereocenters. The minimum absolute atomic E-state index is 0.00729. The van der Waals surface area contributed by atoms with E-state index in [9.17, 15) is 17.1 Å². The van der Waals surface area contributed by atoms with Crippen molar-refractivity contribution in [1.29, 1.82) is 0 Å². The normalized spacial score (nSPS) is 19.5. The lowest BCUT2D eigenvalue weighted by Crippen LogP contribution is -2.18. The molecular formula is C7H11FO4S. The standard InChI is InChI=1S/C7H11FO4S/c1-12-6(9)4-7(2-3-7)5-13(8,10)11/h2-5H2,1H3. The molecule has 0 aromatic rings. The molecule has 0 saturated heterocycles. The van der Waals surface area contributed by atoms with Crippen LogP contribution >= 0.6 is 0 Å². The molecule has 0 aliphatic heterocycles. The fraction of sp³-hybridized carbons (Fsp3) is 0.857. The molecule has 0 bridgehead atoms. The molecule has 4 nitrogen and oxygen atoms in total. The smallest absolute Gasteiger partial charge is 0.306 e. The summed E-state index contributed by atoms with van der Waals surface area (Å²) in [5.41, 5.74) is -0.680. The van der Waals surface area contributed by atoms with Gasteiger partial charge in [0.15, 0.2) is 0 Å². The molecule has 76 valence electrons. The number of rotatable bonds is 4. The van der Waals surface area contributed by atoms with E-state index in [0.29, 0.717) is 12.8 Å². The van der Waals surface area contributed by atoms with E-state index in [-0.39, 0.29) is 6.42 Å². The van der Waals surface area contributed by atoms with Crippen molar-refractivity contribution in [2.45, 2.75) is 19.3 Å². The third-order valence-corrected chi connectivity index (χ3v) is 3.14. The summed E-state index contributed by atoms with van der Waals surface area (Å²) in [4.78, 5) is 10.8. The zero-order valence-electron chi connectivity index (χ0n) is 7.25. The van der Waals surface area contributed by atoms with Crippen molar-refractivity contribution in [3.05, 3.63) is 0 Å². The van der Waals surface area contributed by atoms with Gasteiger partial charge in [-0.15, -0.1) is 3.89 Å². The highest BCUT2D eigenvalue weighted by molar-refractivity contribution is 7.86. The fourth-order valence-electron chi connectivity index (χ4n) is 1.29. The lowest BCUT2D eigenvalue weighted by Gasteiger charge is -2.09. The molecule has 1 fully saturated rings. The van der Waals surface area contributed by atoms with Gasteiger partial charge in [-0.3, -0.25) is 4.79 Å². The summed E-state index contributed by atoms with van der Waals surface area (Å²) in [5, 5.41) is 0. The van der Waals surface area contributed by atoms with Crippen LogP contribution in [0.3, 0.4) is 0 Å². The van der Waals surface area contributed by atoms with Crippen LogP contribution in [0.2, 0.25) is 0 Å². The molecule has 1 saturated carbocycles. The van der Waals surface area contributed by atoms with E-state index in [0.717, 1.165) is 0 Å². The Morgan fingerprint density at radius 1 is 1.54 bits per heavy atom. The van der Waals surface area contributed by atoms with Crippen LogP contribution in [-0.4, -0.2) is 27.2 Å². The van der Waals surface area contributed by atoms with E-state index >= 15 is 0 Å². The molecule has 1 rings (SSSR count). The summed E-state index contributed by atoms with van der Waals surface area (Å²) in [6.07, 6.45) is 1.14. The van der Waals surface area contributed by atoms with Crippen molar-refractivity contribution in [3.63, 3.8) is 0 Å². The number of carbonyl (C=O) groups excluding carboxylic acids is 1. The highest BCUT2D eigenvalue weighted by Crippen LogP contribution is 2.50. The maximum atomic E-state index is 12.3. The third-order valence-electron chi connectivity index (χ3n) is 2.18. The molecule has 0 amide bonds. The van der Waals surface area contributed by atoms with Crippen molar-refractivity contribution in [2.75, 3.05) is 12.9 Å². The molecule has 0 heterocycles. The first kappa shape index (κ1) is 10.4. The zero-order chi connectivity index (χ0) is 10.1. The van der Waals surface area contributed by atoms with Crippen LogP contribution in [0, 0.1) is 5.41 Å². The van der Waals surface area contributed by atoms with Crippen LogP contribution in [0.1, 0.15) is 19.3 Å². The SMILES string of the molecule is COC(=O)CC1(CS(=O)(=O)F)CC1. The summed E-state index contributed by atoms with van der Waals surface area (Å²) in [6, 6.07) is 0. The average Bonchev–Trinajstić information content (AvgIpc) is 2.65. The second kappa shape index (κ2) is 3.25. The summed E-state index contributed by atoms with van der Waals surface area (Å²) in [7, 11) is -3.26. The maximum Gasteiger partial charge on any atom is 0.306 e. The number of ether oxygens (including phenoxy) is 1. The summed E-state index contributed by atoms with van der Waals surface area (Å²) < 4.78 is 37.4. The predicted octanol–water partition coefficient (Wildman–Crippen LogP) is 0.629. The number of esters is 1. The van der Waals surface area contributed by atoms with E-state index in [1.54, 1.807) is 0 Å². The Labute approximate surface area is 76.3 Å². The molecule has 1 aliphatic carbocycles. The van der Waals surface area contributed by atoms with E-state index < -0.39 is 27.4 Å². The van der Waals surface area contributed by atoms with Gasteiger partial charge in [-0.1, -0.05) is 0 Å². The van der Waals surface area contributed by atoms with E-state index in [1.807, 2.05) is 0 Å². The number of hydrogen-bond acceptors (Lipinski definition) is 4. The Balaban J connectivity index is 2.53. The van der Waals surface area contributed by atoms with Crippen LogP contribution in [0.25, 0.3) is 0 Å². The van der Waals surface area contributed by atoms with Crippen LogP contribution in [0.4, 0.5) is 3.89 Å². The number of halogens is 1. The Morgan fingerprint density at radius 3 is 2.38 bits per heavy atom. The maximum absolute atomic E-state index is 12.3. The highest BCUT2D eigenvalue weighted by atomic mass is 32.3. The lowest BCUT2D eigenvalue weighted by molar-refractivity contribution is -0.141. The van der Waals surface area contributed by atoms with Gasteiger partial charge in [0.2, 0.25) is 0 Å². The van der Waals surface area contributed by atoms with Crippen molar-refractivity contribution >= 4 is 16.2 Å². The summed E-state index contributed by atoms with van der Waals surface area (Å²) in [5.74, 6) is -1.05. The third kappa shape index (κ3) is 3.30. The first-order valence-corrected chi connectivity index (χ1v) is 5.41. The van der Waals surface area contributed by atoms with Crippen LogP contribution in [-0.2, 0) is 19.8 Å². The van der Waals surface area contributed by atoms with Crippen LogP contribution in [0.15, 0.2) is 0 Å². The Hall–Kier alpha value is -0.650. The van der Waals surface area contributed by atoms with Crippen molar-refractivity contribution in [3.8, 4) is 0 Å². The molecule has 0 radical (unpaired) electrons. The molecule has 1 aliphatic rings. The number of carbonyl (C=O) groups is 1. The Morgan fingerprint density at radius 2 is 2.08 bits per heavy atom. The molecule has 0 N–H and O–H groups in total. The largest absolute Gasteiger partial charge is 0.469 e. The van der Waals surface area contributed by atoms with E-state index in [2.05, 4.69) is 4.74 Å².